The number of nitrogens with one attached hydrogen (secondary N) is 3. The predicted octanol–water partition coefficient (Wildman–Crippen LogP) is 0.280. The summed E-state index contributed by atoms with van der Waals surface area (Å²) < 4.78 is 27.5. The normalized spacial score (nSPS) is 20.5. The van der Waals surface area contributed by atoms with Gasteiger partial charge in [-0.3, -0.25) is 5.10 Å². The number of H-pyrrole nitrogens is 1. The fourth-order valence-electron chi connectivity index (χ4n) is 2.49. The number of sulfonamides is 1. The molecule has 0 aliphatic carbocycles. The van der Waals surface area contributed by atoms with Crippen molar-refractivity contribution in [3.63, 3.8) is 0 Å². The van der Waals surface area contributed by atoms with E-state index < -0.39 is 10.0 Å². The van der Waals surface area contributed by atoms with Crippen molar-refractivity contribution in [2.75, 3.05) is 20.1 Å². The smallest absolute Gasteiger partial charge is 0.257 e. The van der Waals surface area contributed by atoms with E-state index in [1.807, 2.05) is 20.9 Å². The van der Waals surface area contributed by atoms with E-state index in [4.69, 9.17) is 0 Å². The van der Waals surface area contributed by atoms with Crippen LogP contribution in [-0.2, 0) is 16.6 Å². The van der Waals surface area contributed by atoms with Gasteiger partial charge in [0.15, 0.2) is 5.03 Å². The SMILES string of the molecule is CC(C)NCc1cn[nH]c1S(=O)(=O)NCC1CCCN1C. The van der Waals surface area contributed by atoms with Gasteiger partial charge in [-0.25, -0.2) is 13.1 Å². The Bertz CT molecular complexity index is 555. The van der Waals surface area contributed by atoms with Gasteiger partial charge in [0.25, 0.3) is 10.0 Å². The predicted molar refractivity (Wildman–Crippen MR) is 81.4 cm³/mol. The Morgan fingerprint density at radius 2 is 2.29 bits per heavy atom. The standard InChI is InChI=1S/C13H25N5O2S/c1-10(2)14-7-11-8-15-17-13(11)21(19,20)16-9-12-5-4-6-18(12)3/h8,10,12,14,16H,4-7,9H2,1-3H3,(H,15,17). The zero-order valence-corrected chi connectivity index (χ0v) is 13.7. The Morgan fingerprint density at radius 1 is 1.52 bits per heavy atom. The summed E-state index contributed by atoms with van der Waals surface area (Å²) in [4.78, 5) is 2.19. The molecule has 120 valence electrons. The first-order chi connectivity index (χ1) is 9.90. The van der Waals surface area contributed by atoms with Crippen molar-refractivity contribution in [3.05, 3.63) is 11.8 Å². The minimum atomic E-state index is -3.54. The molecule has 0 saturated carbocycles. The maximum atomic E-state index is 12.4. The topological polar surface area (TPSA) is 90.1 Å². The van der Waals surface area contributed by atoms with E-state index in [2.05, 4.69) is 25.1 Å². The lowest BCUT2D eigenvalue weighted by Crippen LogP contribution is -2.38. The van der Waals surface area contributed by atoms with Crippen LogP contribution in [0.25, 0.3) is 0 Å². The number of hydrogen-bond acceptors (Lipinski definition) is 5. The largest absolute Gasteiger partial charge is 0.310 e. The molecule has 1 unspecified atom stereocenters. The molecule has 1 atom stereocenters. The Morgan fingerprint density at radius 3 is 2.90 bits per heavy atom. The zero-order valence-electron chi connectivity index (χ0n) is 12.9. The molecule has 8 heteroatoms. The first-order valence-electron chi connectivity index (χ1n) is 7.35. The molecule has 2 heterocycles. The molecule has 0 aromatic carbocycles. The van der Waals surface area contributed by atoms with E-state index in [9.17, 15) is 8.42 Å². The van der Waals surface area contributed by atoms with Gasteiger partial charge in [0.05, 0.1) is 6.20 Å². The summed E-state index contributed by atoms with van der Waals surface area (Å²) in [5.41, 5.74) is 0.663. The molecule has 1 aromatic heterocycles. The van der Waals surface area contributed by atoms with Crippen LogP contribution < -0.4 is 10.0 Å². The molecule has 0 bridgehead atoms. The molecule has 1 aromatic rings. The van der Waals surface area contributed by atoms with Crippen LogP contribution >= 0.6 is 0 Å². The third-order valence-corrected chi connectivity index (χ3v) is 5.27. The molecule has 0 radical (unpaired) electrons. The number of hydrogen-bond donors (Lipinski definition) is 3. The van der Waals surface area contributed by atoms with E-state index in [0.717, 1.165) is 19.4 Å². The summed E-state index contributed by atoms with van der Waals surface area (Å²) in [5.74, 6) is 0. The van der Waals surface area contributed by atoms with Gasteiger partial charge in [-0.2, -0.15) is 5.10 Å². The van der Waals surface area contributed by atoms with E-state index in [1.165, 1.54) is 0 Å². The minimum Gasteiger partial charge on any atom is -0.310 e. The highest BCUT2D eigenvalue weighted by molar-refractivity contribution is 7.89. The highest BCUT2D eigenvalue weighted by atomic mass is 32.2. The average molecular weight is 315 g/mol. The van der Waals surface area contributed by atoms with Crippen LogP contribution in [0.15, 0.2) is 11.2 Å². The van der Waals surface area contributed by atoms with Crippen molar-refractivity contribution in [1.29, 1.82) is 0 Å². The van der Waals surface area contributed by atoms with Gasteiger partial charge in [-0.15, -0.1) is 0 Å². The van der Waals surface area contributed by atoms with Crippen molar-refractivity contribution < 1.29 is 8.42 Å². The van der Waals surface area contributed by atoms with Crippen molar-refractivity contribution in [1.82, 2.24) is 25.1 Å². The van der Waals surface area contributed by atoms with Crippen LogP contribution in [0.3, 0.4) is 0 Å². The summed E-state index contributed by atoms with van der Waals surface area (Å²) in [6.45, 7) is 5.98. The van der Waals surface area contributed by atoms with Gasteiger partial charge in [0.2, 0.25) is 0 Å². The van der Waals surface area contributed by atoms with Gasteiger partial charge in [0, 0.05) is 30.7 Å². The van der Waals surface area contributed by atoms with Gasteiger partial charge >= 0.3 is 0 Å². The van der Waals surface area contributed by atoms with Crippen LogP contribution in [0.2, 0.25) is 0 Å². The highest BCUT2D eigenvalue weighted by Gasteiger charge is 2.25. The average Bonchev–Trinajstić information content (AvgIpc) is 3.03. The van der Waals surface area contributed by atoms with E-state index in [-0.39, 0.29) is 17.1 Å². The maximum Gasteiger partial charge on any atom is 0.257 e. The Hall–Kier alpha value is -0.960. The molecule has 1 saturated heterocycles. The Kier molecular flexibility index (Phi) is 5.37. The van der Waals surface area contributed by atoms with Gasteiger partial charge in [-0.1, -0.05) is 13.8 Å². The molecule has 2 rings (SSSR count). The van der Waals surface area contributed by atoms with Crippen molar-refractivity contribution in [3.8, 4) is 0 Å². The van der Waals surface area contributed by atoms with E-state index in [0.29, 0.717) is 18.7 Å². The molecule has 1 aliphatic heterocycles. The molecule has 1 fully saturated rings. The second-order valence-electron chi connectivity index (χ2n) is 5.89. The molecule has 3 N–H and O–H groups in total. The molecule has 0 amide bonds. The van der Waals surface area contributed by atoms with Crippen LogP contribution in [0, 0.1) is 0 Å². The fraction of sp³-hybridized carbons (Fsp3) is 0.769. The molecular weight excluding hydrogens is 290 g/mol. The maximum absolute atomic E-state index is 12.4. The lowest BCUT2D eigenvalue weighted by Gasteiger charge is -2.19. The summed E-state index contributed by atoms with van der Waals surface area (Å²) in [6, 6.07) is 0.565. The summed E-state index contributed by atoms with van der Waals surface area (Å²) in [6.07, 6.45) is 3.71. The summed E-state index contributed by atoms with van der Waals surface area (Å²) in [5, 5.41) is 9.84. The third-order valence-electron chi connectivity index (χ3n) is 3.83. The zero-order chi connectivity index (χ0) is 15.5. The van der Waals surface area contributed by atoms with Crippen molar-refractivity contribution >= 4 is 10.0 Å². The van der Waals surface area contributed by atoms with Crippen LogP contribution in [-0.4, -0.2) is 55.7 Å². The number of nitrogens with zero attached hydrogens (tertiary/aromatic N) is 2. The van der Waals surface area contributed by atoms with Crippen LogP contribution in [0.5, 0.6) is 0 Å². The molecular formula is C13H25N5O2S. The number of rotatable bonds is 7. The third kappa shape index (κ3) is 4.26. The van der Waals surface area contributed by atoms with Crippen molar-refractivity contribution in [2.45, 2.75) is 50.3 Å². The highest BCUT2D eigenvalue weighted by Crippen LogP contribution is 2.16. The Labute approximate surface area is 126 Å². The van der Waals surface area contributed by atoms with Gasteiger partial charge in [-0.05, 0) is 26.4 Å². The number of likely N-dealkylation sites (tertiary alicyclic amines) is 1. The second-order valence-corrected chi connectivity index (χ2v) is 7.59. The van der Waals surface area contributed by atoms with Gasteiger partial charge in [0.1, 0.15) is 0 Å². The molecule has 0 spiro atoms. The lowest BCUT2D eigenvalue weighted by molar-refractivity contribution is 0.310. The minimum absolute atomic E-state index is 0.163. The monoisotopic (exact) mass is 315 g/mol. The quantitative estimate of drug-likeness (QED) is 0.672. The van der Waals surface area contributed by atoms with Crippen LogP contribution in [0.1, 0.15) is 32.3 Å². The number of aromatic nitrogens is 2. The summed E-state index contributed by atoms with van der Waals surface area (Å²) >= 11 is 0. The lowest BCUT2D eigenvalue weighted by atomic mass is 10.2. The second kappa shape index (κ2) is 6.87. The first-order valence-corrected chi connectivity index (χ1v) is 8.84. The first kappa shape index (κ1) is 16.4. The molecule has 21 heavy (non-hydrogen) atoms. The summed E-state index contributed by atoms with van der Waals surface area (Å²) in [7, 11) is -1.51. The van der Waals surface area contributed by atoms with E-state index >= 15 is 0 Å². The van der Waals surface area contributed by atoms with E-state index in [1.54, 1.807) is 6.20 Å². The Balaban J connectivity index is 2.00. The fourth-order valence-corrected chi connectivity index (χ4v) is 3.69. The van der Waals surface area contributed by atoms with Crippen molar-refractivity contribution in [2.24, 2.45) is 0 Å². The van der Waals surface area contributed by atoms with Crippen LogP contribution in [0.4, 0.5) is 0 Å². The number of aromatic amines is 1. The van der Waals surface area contributed by atoms with Gasteiger partial charge < -0.3 is 10.2 Å². The molecule has 7 nitrogen and oxygen atoms in total. The molecule has 1 aliphatic rings. The number of likely N-dealkylation sites (N-methyl/N-ethyl adjacent to an activating group) is 1.